The Bertz CT molecular complexity index is 2140. The van der Waals surface area contributed by atoms with E-state index in [4.69, 9.17) is 25.5 Å². The Balaban J connectivity index is 0.000000752. The predicted molar refractivity (Wildman–Crippen MR) is 242 cm³/mol. The SMILES string of the molecule is CC(O)CC(C)O.CC(O)CC(C)O.O=C(O)c1ccccn1.[Rh].[Rh].[Rh].[c-]1cccc2ccc3cccnc3c12.[c-]1ccccc1-c1ccccn1.[c-]1ccccc1-c1ccccn1. The van der Waals surface area contributed by atoms with Crippen molar-refractivity contribution in [3.8, 4) is 22.5 Å². The number of carboxylic acid groups (broad SMARTS) is 1. The van der Waals surface area contributed by atoms with Gasteiger partial charge in [-0.3, -0.25) is 0 Å². The van der Waals surface area contributed by atoms with Gasteiger partial charge in [-0.15, -0.1) is 107 Å². The first-order chi connectivity index (χ1) is 29.4. The molecule has 4 unspecified atom stereocenters. The van der Waals surface area contributed by atoms with Crippen LogP contribution in [0, 0.1) is 18.2 Å². The fourth-order valence-electron chi connectivity index (χ4n) is 5.36. The van der Waals surface area contributed by atoms with Crippen molar-refractivity contribution >= 4 is 27.6 Å². The summed E-state index contributed by atoms with van der Waals surface area (Å²) in [6.45, 7) is 6.64. The fraction of sp³-hybridized carbons (Fsp3) is 0.196. The van der Waals surface area contributed by atoms with Crippen LogP contribution < -0.4 is 0 Å². The molecule has 4 aromatic carbocycles. The molecular weight excluding hydrogens is 1070 g/mol. The number of carboxylic acids is 1. The molecule has 8 aromatic rings. The molecule has 5 N–H and O–H groups in total. The van der Waals surface area contributed by atoms with Crippen LogP contribution in [-0.4, -0.2) is 75.9 Å². The zero-order valence-corrected chi connectivity index (χ0v) is 40.7. The summed E-state index contributed by atoms with van der Waals surface area (Å²) in [6, 6.07) is 55.9. The van der Waals surface area contributed by atoms with Gasteiger partial charge >= 0.3 is 5.97 Å². The Kier molecular flexibility index (Phi) is 32.0. The van der Waals surface area contributed by atoms with Crippen LogP contribution in [0.1, 0.15) is 51.0 Å². The standard InChI is InChI=1S/C13H8N.2C11H8N.C6H5NO2.2C5H12O2.3Rh/c1-2-6-12-10(4-1)7-8-11-5-3-9-14-13(11)12;2*1-2-6-10(7-3-1)11-8-4-5-9-12-11;8-6(9)5-3-1-2-4-7-5;2*1-4(6)3-5(2)7;;;/h1-5,7-9H;2*1-6,8-9H;1-4H,(H,8,9);2*4-7H,3H2,1-2H3;;;/q3*-1;;;;;;. The van der Waals surface area contributed by atoms with Gasteiger partial charge in [-0.05, 0) is 93.2 Å². The maximum Gasteiger partial charge on any atom is 0.354 e. The third kappa shape index (κ3) is 24.3. The second kappa shape index (κ2) is 34.6. The number of aliphatic hydroxyl groups excluding tert-OH is 4. The number of fused-ring (bicyclic) bond motifs is 3. The van der Waals surface area contributed by atoms with Crippen LogP contribution in [0.4, 0.5) is 0 Å². The molecule has 0 amide bonds. The van der Waals surface area contributed by atoms with E-state index in [0.717, 1.165) is 33.4 Å². The molecule has 0 aliphatic rings. The summed E-state index contributed by atoms with van der Waals surface area (Å²) in [5.74, 6) is -0.990. The smallest absolute Gasteiger partial charge is 0.354 e. The predicted octanol–water partition coefficient (Wildman–Crippen LogP) is 9.33. The van der Waals surface area contributed by atoms with Gasteiger partial charge in [-0.1, -0.05) is 48.5 Å². The number of pyridine rings is 4. The minimum atomic E-state index is -0.990. The molecule has 0 spiro atoms. The first-order valence-electron chi connectivity index (χ1n) is 19.7. The van der Waals surface area contributed by atoms with Gasteiger partial charge < -0.3 is 40.5 Å². The first-order valence-corrected chi connectivity index (χ1v) is 19.7. The zero-order valence-electron chi connectivity index (χ0n) is 35.8. The van der Waals surface area contributed by atoms with Crippen molar-refractivity contribution < 1.29 is 88.8 Å². The first kappa shape index (κ1) is 59.2. The summed E-state index contributed by atoms with van der Waals surface area (Å²) in [5.41, 5.74) is 5.13. The molecule has 0 aliphatic heterocycles. The Morgan fingerprint density at radius 3 is 1.27 bits per heavy atom. The van der Waals surface area contributed by atoms with Crippen LogP contribution in [0.2, 0.25) is 0 Å². The number of benzene rings is 4. The van der Waals surface area contributed by atoms with Crippen LogP contribution in [0.15, 0.2) is 170 Å². The van der Waals surface area contributed by atoms with E-state index in [1.54, 1.807) is 52.2 Å². The number of aromatic carboxylic acids is 1. The van der Waals surface area contributed by atoms with Crippen molar-refractivity contribution in [2.75, 3.05) is 0 Å². The summed E-state index contributed by atoms with van der Waals surface area (Å²) in [5, 5.41) is 46.0. The fourth-order valence-corrected chi connectivity index (χ4v) is 5.36. The third-order valence-electron chi connectivity index (χ3n) is 7.95. The van der Waals surface area contributed by atoms with Crippen molar-refractivity contribution in [1.29, 1.82) is 0 Å². The van der Waals surface area contributed by atoms with E-state index in [-0.39, 0.29) is 88.5 Å². The minimum Gasteiger partial charge on any atom is -0.477 e. The second-order valence-electron chi connectivity index (χ2n) is 13.6. The summed E-state index contributed by atoms with van der Waals surface area (Å²) in [6.07, 6.45) is 6.29. The minimum absolute atomic E-state index is 0. The average Bonchev–Trinajstić information content (AvgIpc) is 3.28. The third-order valence-corrected chi connectivity index (χ3v) is 7.95. The number of hydrogen-bond acceptors (Lipinski definition) is 9. The van der Waals surface area contributed by atoms with Crippen molar-refractivity contribution in [1.82, 2.24) is 19.9 Å². The van der Waals surface area contributed by atoms with Crippen LogP contribution in [0.5, 0.6) is 0 Å². The molecule has 10 nitrogen and oxygen atoms in total. The number of nitrogens with zero attached hydrogens (tertiary/aromatic N) is 4. The zero-order chi connectivity index (χ0) is 44.2. The van der Waals surface area contributed by atoms with Crippen molar-refractivity contribution in [3.05, 3.63) is 194 Å². The van der Waals surface area contributed by atoms with Crippen molar-refractivity contribution in [3.63, 3.8) is 0 Å². The van der Waals surface area contributed by atoms with E-state index < -0.39 is 5.97 Å². The average molecular weight is 1130 g/mol. The molecule has 0 bridgehead atoms. The van der Waals surface area contributed by atoms with Gasteiger partial charge in [0.25, 0.3) is 0 Å². The molecule has 8 rings (SSSR count). The monoisotopic (exact) mass is 1130 g/mol. The van der Waals surface area contributed by atoms with E-state index in [2.05, 4.69) is 62.4 Å². The molecule has 343 valence electrons. The molecule has 0 fully saturated rings. The summed E-state index contributed by atoms with van der Waals surface area (Å²) in [4.78, 5) is 26.5. The van der Waals surface area contributed by atoms with E-state index in [9.17, 15) is 4.79 Å². The van der Waals surface area contributed by atoms with Gasteiger partial charge in [-0.2, -0.15) is 0 Å². The Morgan fingerprint density at radius 2 is 0.891 bits per heavy atom. The quantitative estimate of drug-likeness (QED) is 0.0589. The van der Waals surface area contributed by atoms with Gasteiger partial charge in [0.15, 0.2) is 0 Å². The van der Waals surface area contributed by atoms with Gasteiger partial charge in [0.1, 0.15) is 5.69 Å². The molecule has 64 heavy (non-hydrogen) atoms. The molecule has 13 heteroatoms. The molecule has 4 heterocycles. The van der Waals surface area contributed by atoms with Crippen molar-refractivity contribution in [2.45, 2.75) is 65.0 Å². The largest absolute Gasteiger partial charge is 0.477 e. The maximum atomic E-state index is 10.1. The van der Waals surface area contributed by atoms with E-state index in [1.165, 1.54) is 23.0 Å². The van der Waals surface area contributed by atoms with Gasteiger partial charge in [0.05, 0.1) is 24.4 Å². The molecule has 3 radical (unpaired) electrons. The molecule has 4 atom stereocenters. The molecule has 0 saturated carbocycles. The normalized spacial score (nSPS) is 11.4. The van der Waals surface area contributed by atoms with Crippen LogP contribution >= 0.6 is 0 Å². The molecular formula is C51H53N4O6Rh3-3. The number of carbonyl (C=O) groups is 1. The number of hydrogen-bond donors (Lipinski definition) is 5. The van der Waals surface area contributed by atoms with E-state index in [1.807, 2.05) is 109 Å². The number of aromatic nitrogens is 4. The number of aliphatic hydroxyl groups is 4. The van der Waals surface area contributed by atoms with Crippen LogP contribution in [0.25, 0.3) is 44.2 Å². The molecule has 0 saturated heterocycles. The summed E-state index contributed by atoms with van der Waals surface area (Å²) >= 11 is 0. The van der Waals surface area contributed by atoms with Gasteiger partial charge in [-0.25, -0.2) is 9.78 Å². The van der Waals surface area contributed by atoms with E-state index in [0.29, 0.717) is 12.8 Å². The van der Waals surface area contributed by atoms with Gasteiger partial charge in [0, 0.05) is 83.2 Å². The summed E-state index contributed by atoms with van der Waals surface area (Å²) in [7, 11) is 0. The topological polar surface area (TPSA) is 170 Å². The second-order valence-corrected chi connectivity index (χ2v) is 13.6. The number of rotatable bonds is 7. The Morgan fingerprint density at radius 1 is 0.469 bits per heavy atom. The van der Waals surface area contributed by atoms with Crippen LogP contribution in [-0.2, 0) is 58.4 Å². The molecule has 0 aliphatic carbocycles. The van der Waals surface area contributed by atoms with Gasteiger partial charge in [0.2, 0.25) is 0 Å². The Hall–Kier alpha value is -4.82. The van der Waals surface area contributed by atoms with E-state index >= 15 is 0 Å². The maximum absolute atomic E-state index is 10.1. The summed E-state index contributed by atoms with van der Waals surface area (Å²) < 4.78 is 0. The molecule has 4 aromatic heterocycles. The van der Waals surface area contributed by atoms with Crippen LogP contribution in [0.3, 0.4) is 0 Å². The van der Waals surface area contributed by atoms with Crippen molar-refractivity contribution in [2.24, 2.45) is 0 Å². The Labute approximate surface area is 415 Å².